The van der Waals surface area contributed by atoms with Gasteiger partial charge in [-0.15, -0.1) is 0 Å². The van der Waals surface area contributed by atoms with Gasteiger partial charge in [0.1, 0.15) is 23.9 Å². The molecule has 0 aliphatic carbocycles. The van der Waals surface area contributed by atoms with Crippen molar-refractivity contribution in [1.29, 1.82) is 0 Å². The molecule has 4 atom stereocenters. The molecule has 0 aromatic heterocycles. The van der Waals surface area contributed by atoms with Crippen molar-refractivity contribution < 1.29 is 34.5 Å². The van der Waals surface area contributed by atoms with E-state index >= 15 is 0 Å². The first kappa shape index (κ1) is 28.6. The van der Waals surface area contributed by atoms with E-state index in [2.05, 4.69) is 28.6 Å². The Morgan fingerprint density at radius 3 is 1.86 bits per heavy atom. The molecule has 0 aliphatic rings. The fraction of sp³-hybridized carbons (Fsp3) is 0.333. The second kappa shape index (κ2) is 14.1. The number of nitrogens with one attached hydrogen (secondary N) is 3. The Kier molecular flexibility index (Phi) is 11.2. The maximum atomic E-state index is 13.1. The first-order valence-corrected chi connectivity index (χ1v) is 11.7. The number of benzene rings is 2. The van der Waals surface area contributed by atoms with E-state index in [-0.39, 0.29) is 24.3 Å². The highest BCUT2D eigenvalue weighted by molar-refractivity contribution is 7.80. The Labute approximate surface area is 213 Å². The summed E-state index contributed by atoms with van der Waals surface area (Å²) in [5, 5.41) is 35.3. The summed E-state index contributed by atoms with van der Waals surface area (Å²) < 4.78 is 0. The molecule has 0 saturated carbocycles. The molecule has 8 N–H and O–H groups in total. The van der Waals surface area contributed by atoms with Crippen LogP contribution in [-0.4, -0.2) is 75.5 Å². The van der Waals surface area contributed by atoms with E-state index in [0.717, 1.165) is 5.56 Å². The van der Waals surface area contributed by atoms with Crippen LogP contribution in [0.25, 0.3) is 0 Å². The summed E-state index contributed by atoms with van der Waals surface area (Å²) >= 11 is 3.86. The molecule has 0 spiro atoms. The summed E-state index contributed by atoms with van der Waals surface area (Å²) in [6.07, 6.45) is 0.215. The smallest absolute Gasteiger partial charge is 0.327 e. The minimum absolute atomic E-state index is 0.00985. The third-order valence-corrected chi connectivity index (χ3v) is 5.62. The Hall–Kier alpha value is -3.61. The number of phenolic OH excluding ortho intramolecular Hbond substituents is 1. The van der Waals surface area contributed by atoms with Gasteiger partial charge >= 0.3 is 5.97 Å². The van der Waals surface area contributed by atoms with E-state index < -0.39 is 54.5 Å². The Bertz CT molecular complexity index is 1040. The summed E-state index contributed by atoms with van der Waals surface area (Å²) in [4.78, 5) is 49.4. The SMILES string of the molecule is NC(Cc1ccccc1)C(=O)NC(Cc1ccc(O)cc1)C(=O)NC(CO)C(=O)NC(CS)C(=O)O. The number of rotatable bonds is 13. The van der Waals surface area contributed by atoms with Gasteiger partial charge in [0.25, 0.3) is 0 Å². The lowest BCUT2D eigenvalue weighted by Crippen LogP contribution is -2.58. The summed E-state index contributed by atoms with van der Waals surface area (Å²) in [5.74, 6) is -3.84. The number of aliphatic hydroxyl groups excluding tert-OH is 1. The molecule has 0 heterocycles. The minimum Gasteiger partial charge on any atom is -0.508 e. The molecule has 0 fully saturated rings. The average molecular weight is 519 g/mol. The Morgan fingerprint density at radius 1 is 0.778 bits per heavy atom. The Morgan fingerprint density at radius 2 is 1.31 bits per heavy atom. The maximum Gasteiger partial charge on any atom is 0.327 e. The number of hydrogen-bond donors (Lipinski definition) is 8. The zero-order valence-corrected chi connectivity index (χ0v) is 20.2. The largest absolute Gasteiger partial charge is 0.508 e. The fourth-order valence-electron chi connectivity index (χ4n) is 3.24. The van der Waals surface area contributed by atoms with E-state index in [0.29, 0.717) is 5.56 Å². The molecule has 12 heteroatoms. The number of hydrogen-bond acceptors (Lipinski definition) is 8. The summed E-state index contributed by atoms with van der Waals surface area (Å²) in [6, 6.07) is 10.1. The number of carboxylic acids is 1. The summed E-state index contributed by atoms with van der Waals surface area (Å²) in [6.45, 7) is -0.816. The van der Waals surface area contributed by atoms with E-state index in [4.69, 9.17) is 10.8 Å². The van der Waals surface area contributed by atoms with Crippen LogP contribution in [0, 0.1) is 0 Å². The van der Waals surface area contributed by atoms with Gasteiger partial charge < -0.3 is 37.0 Å². The van der Waals surface area contributed by atoms with Gasteiger partial charge in [-0.1, -0.05) is 42.5 Å². The van der Waals surface area contributed by atoms with Crippen LogP contribution in [0.3, 0.4) is 0 Å². The van der Waals surface area contributed by atoms with Gasteiger partial charge in [0, 0.05) is 12.2 Å². The number of phenols is 1. The standard InChI is InChI=1S/C24H30N4O7S/c25-17(10-14-4-2-1-3-5-14)21(31)26-18(11-15-6-8-16(30)9-7-15)22(32)27-19(12-29)23(33)28-20(13-36)24(34)35/h1-9,17-20,29-30,36H,10-13,25H2,(H,26,31)(H,27,32)(H,28,33)(H,34,35). The van der Waals surface area contributed by atoms with Crippen LogP contribution in [0.2, 0.25) is 0 Å². The van der Waals surface area contributed by atoms with Gasteiger partial charge in [0.2, 0.25) is 17.7 Å². The van der Waals surface area contributed by atoms with Crippen molar-refractivity contribution in [2.24, 2.45) is 5.73 Å². The van der Waals surface area contributed by atoms with Gasteiger partial charge in [0.05, 0.1) is 12.6 Å². The molecule has 2 aromatic carbocycles. The number of thiol groups is 1. The van der Waals surface area contributed by atoms with Crippen LogP contribution in [0.4, 0.5) is 0 Å². The minimum atomic E-state index is -1.48. The van der Waals surface area contributed by atoms with Crippen LogP contribution < -0.4 is 21.7 Å². The lowest BCUT2D eigenvalue weighted by atomic mass is 10.0. The molecule has 194 valence electrons. The molecule has 2 aromatic rings. The monoisotopic (exact) mass is 518 g/mol. The van der Waals surface area contributed by atoms with Crippen molar-refractivity contribution in [2.75, 3.05) is 12.4 Å². The molecule has 0 bridgehead atoms. The van der Waals surface area contributed by atoms with Crippen LogP contribution in [0.1, 0.15) is 11.1 Å². The van der Waals surface area contributed by atoms with Crippen molar-refractivity contribution in [3.63, 3.8) is 0 Å². The lowest BCUT2D eigenvalue weighted by molar-refractivity contribution is -0.142. The van der Waals surface area contributed by atoms with E-state index in [1.54, 1.807) is 12.1 Å². The zero-order valence-electron chi connectivity index (χ0n) is 19.3. The highest BCUT2D eigenvalue weighted by atomic mass is 32.1. The number of aliphatic carboxylic acids is 1. The number of carboxylic acid groups (broad SMARTS) is 1. The summed E-state index contributed by atoms with van der Waals surface area (Å²) in [5.41, 5.74) is 7.46. The van der Waals surface area contributed by atoms with Crippen molar-refractivity contribution in [2.45, 2.75) is 37.0 Å². The molecule has 0 radical (unpaired) electrons. The predicted molar refractivity (Wildman–Crippen MR) is 134 cm³/mol. The average Bonchev–Trinajstić information content (AvgIpc) is 2.86. The molecular weight excluding hydrogens is 488 g/mol. The van der Waals surface area contributed by atoms with Crippen molar-refractivity contribution in [1.82, 2.24) is 16.0 Å². The third kappa shape index (κ3) is 8.87. The summed E-state index contributed by atoms with van der Waals surface area (Å²) in [7, 11) is 0. The van der Waals surface area contributed by atoms with Gasteiger partial charge in [-0.25, -0.2) is 4.79 Å². The molecule has 0 saturated heterocycles. The van der Waals surface area contributed by atoms with E-state index in [1.807, 2.05) is 30.3 Å². The van der Waals surface area contributed by atoms with Crippen LogP contribution >= 0.6 is 12.6 Å². The molecule has 36 heavy (non-hydrogen) atoms. The molecule has 3 amide bonds. The number of nitrogens with two attached hydrogens (primary N) is 1. The van der Waals surface area contributed by atoms with Crippen LogP contribution in [-0.2, 0) is 32.0 Å². The highest BCUT2D eigenvalue weighted by Gasteiger charge is 2.30. The van der Waals surface area contributed by atoms with Crippen LogP contribution in [0.15, 0.2) is 54.6 Å². The molecular formula is C24H30N4O7S. The number of carbonyl (C=O) groups is 4. The number of aromatic hydroxyl groups is 1. The van der Waals surface area contributed by atoms with Gasteiger partial charge in [-0.3, -0.25) is 14.4 Å². The van der Waals surface area contributed by atoms with Crippen molar-refractivity contribution in [3.05, 3.63) is 65.7 Å². The van der Waals surface area contributed by atoms with Crippen LogP contribution in [0.5, 0.6) is 5.75 Å². The normalized spacial score (nSPS) is 14.1. The van der Waals surface area contributed by atoms with Crippen molar-refractivity contribution >= 4 is 36.3 Å². The molecule has 11 nitrogen and oxygen atoms in total. The molecule has 4 unspecified atom stereocenters. The number of aliphatic hydroxyl groups is 1. The topological polar surface area (TPSA) is 191 Å². The van der Waals surface area contributed by atoms with E-state index in [9.17, 15) is 29.4 Å². The van der Waals surface area contributed by atoms with Gasteiger partial charge in [-0.2, -0.15) is 12.6 Å². The van der Waals surface area contributed by atoms with E-state index in [1.165, 1.54) is 12.1 Å². The number of amides is 3. The second-order valence-corrected chi connectivity index (χ2v) is 8.42. The zero-order chi connectivity index (χ0) is 26.7. The second-order valence-electron chi connectivity index (χ2n) is 8.05. The maximum absolute atomic E-state index is 13.1. The molecule has 2 rings (SSSR count). The first-order chi connectivity index (χ1) is 17.1. The third-order valence-electron chi connectivity index (χ3n) is 5.26. The molecule has 0 aliphatic heterocycles. The number of carbonyl (C=O) groups excluding carboxylic acids is 3. The lowest BCUT2D eigenvalue weighted by Gasteiger charge is -2.24. The first-order valence-electron chi connectivity index (χ1n) is 11.1. The highest BCUT2D eigenvalue weighted by Crippen LogP contribution is 2.12. The van der Waals surface area contributed by atoms with Gasteiger partial charge in [-0.05, 0) is 29.7 Å². The Balaban J connectivity index is 2.15. The predicted octanol–water partition coefficient (Wildman–Crippen LogP) is -1.03. The quantitative estimate of drug-likeness (QED) is 0.154. The van der Waals surface area contributed by atoms with Crippen molar-refractivity contribution in [3.8, 4) is 5.75 Å². The van der Waals surface area contributed by atoms with Gasteiger partial charge in [0.15, 0.2) is 0 Å². The fourth-order valence-corrected chi connectivity index (χ4v) is 3.49.